The second-order valence-corrected chi connectivity index (χ2v) is 6.85. The molecule has 0 amide bonds. The molecule has 1 aliphatic rings. The summed E-state index contributed by atoms with van der Waals surface area (Å²) < 4.78 is 5.77. The van der Waals surface area contributed by atoms with Crippen molar-refractivity contribution >= 4 is 0 Å². The van der Waals surface area contributed by atoms with Gasteiger partial charge in [0.25, 0.3) is 0 Å². The lowest BCUT2D eigenvalue weighted by Gasteiger charge is -2.31. The van der Waals surface area contributed by atoms with E-state index in [1.807, 2.05) is 12.1 Å². The van der Waals surface area contributed by atoms with Crippen molar-refractivity contribution in [1.82, 2.24) is 0 Å². The molecule has 0 radical (unpaired) electrons. The average Bonchev–Trinajstić information content (AvgIpc) is 2.37. The fourth-order valence-electron chi connectivity index (χ4n) is 2.62. The van der Waals surface area contributed by atoms with Crippen LogP contribution in [0.3, 0.4) is 0 Å². The van der Waals surface area contributed by atoms with Crippen LogP contribution in [0.1, 0.15) is 58.4 Å². The Morgan fingerprint density at radius 3 is 2.16 bits per heavy atom. The standard InChI is InChI=1S/C17H26O2/c1-16(2,3)14-7-9-15(10-8-14)19-13-17(18)11-5-4-6-12-17/h7-10,18H,4-6,11-13H2,1-3H3. The van der Waals surface area contributed by atoms with Crippen molar-refractivity contribution in [3.05, 3.63) is 29.8 Å². The number of hydrogen-bond acceptors (Lipinski definition) is 2. The molecule has 1 aromatic rings. The zero-order valence-corrected chi connectivity index (χ0v) is 12.4. The highest BCUT2D eigenvalue weighted by Crippen LogP contribution is 2.29. The minimum atomic E-state index is -0.610. The molecule has 1 saturated carbocycles. The van der Waals surface area contributed by atoms with E-state index in [0.717, 1.165) is 31.4 Å². The molecule has 0 aliphatic heterocycles. The van der Waals surface area contributed by atoms with E-state index < -0.39 is 5.60 Å². The Morgan fingerprint density at radius 1 is 1.05 bits per heavy atom. The second-order valence-electron chi connectivity index (χ2n) is 6.85. The van der Waals surface area contributed by atoms with Gasteiger partial charge in [-0.25, -0.2) is 0 Å². The fraction of sp³-hybridized carbons (Fsp3) is 0.647. The third-order valence-corrected chi connectivity index (χ3v) is 4.01. The van der Waals surface area contributed by atoms with Gasteiger partial charge in [-0.1, -0.05) is 52.2 Å². The van der Waals surface area contributed by atoms with Crippen molar-refractivity contribution in [1.29, 1.82) is 0 Å². The lowest BCUT2D eigenvalue weighted by molar-refractivity contribution is -0.0339. The van der Waals surface area contributed by atoms with Gasteiger partial charge in [0.15, 0.2) is 0 Å². The first-order chi connectivity index (χ1) is 8.89. The molecule has 2 rings (SSSR count). The third-order valence-electron chi connectivity index (χ3n) is 4.01. The van der Waals surface area contributed by atoms with Gasteiger partial charge >= 0.3 is 0 Å². The zero-order valence-electron chi connectivity index (χ0n) is 12.4. The molecule has 0 spiro atoms. The van der Waals surface area contributed by atoms with Gasteiger partial charge < -0.3 is 9.84 Å². The second kappa shape index (κ2) is 5.54. The Kier molecular flexibility index (Phi) is 4.19. The molecule has 0 saturated heterocycles. The first kappa shape index (κ1) is 14.4. The quantitative estimate of drug-likeness (QED) is 0.890. The molecule has 1 aliphatic carbocycles. The number of ether oxygens (including phenoxy) is 1. The molecular weight excluding hydrogens is 236 g/mol. The summed E-state index contributed by atoms with van der Waals surface area (Å²) in [6.45, 7) is 7.02. The summed E-state index contributed by atoms with van der Waals surface area (Å²) in [7, 11) is 0. The number of hydrogen-bond donors (Lipinski definition) is 1. The highest BCUT2D eigenvalue weighted by atomic mass is 16.5. The molecule has 1 N–H and O–H groups in total. The molecule has 0 aromatic heterocycles. The van der Waals surface area contributed by atoms with Crippen molar-refractivity contribution in [2.45, 2.75) is 63.9 Å². The monoisotopic (exact) mass is 262 g/mol. The zero-order chi connectivity index (χ0) is 13.9. The summed E-state index contributed by atoms with van der Waals surface area (Å²) in [5.74, 6) is 0.854. The topological polar surface area (TPSA) is 29.5 Å². The van der Waals surface area contributed by atoms with Gasteiger partial charge in [-0.2, -0.15) is 0 Å². The predicted octanol–water partition coefficient (Wildman–Crippen LogP) is 4.06. The van der Waals surface area contributed by atoms with Crippen molar-refractivity contribution in [3.8, 4) is 5.75 Å². The van der Waals surface area contributed by atoms with Gasteiger partial charge in [-0.3, -0.25) is 0 Å². The average molecular weight is 262 g/mol. The Balaban J connectivity index is 1.93. The Hall–Kier alpha value is -1.02. The number of rotatable bonds is 3. The first-order valence-electron chi connectivity index (χ1n) is 7.35. The van der Waals surface area contributed by atoms with Gasteiger partial charge in [-0.05, 0) is 36.0 Å². The van der Waals surface area contributed by atoms with Crippen LogP contribution in [0.2, 0.25) is 0 Å². The maximum atomic E-state index is 10.4. The highest BCUT2D eigenvalue weighted by molar-refractivity contribution is 5.31. The van der Waals surface area contributed by atoms with Crippen molar-refractivity contribution < 1.29 is 9.84 Å². The van der Waals surface area contributed by atoms with Gasteiger partial charge in [0.2, 0.25) is 0 Å². The lowest BCUT2D eigenvalue weighted by atomic mass is 9.85. The minimum absolute atomic E-state index is 0.167. The lowest BCUT2D eigenvalue weighted by Crippen LogP contribution is -2.37. The molecule has 0 atom stereocenters. The van der Waals surface area contributed by atoms with Crippen LogP contribution in [0.25, 0.3) is 0 Å². The van der Waals surface area contributed by atoms with Crippen LogP contribution in [0.15, 0.2) is 24.3 Å². The van der Waals surface area contributed by atoms with E-state index in [4.69, 9.17) is 4.74 Å². The third kappa shape index (κ3) is 3.97. The molecule has 0 heterocycles. The summed E-state index contributed by atoms with van der Waals surface area (Å²) in [5.41, 5.74) is 0.859. The number of aliphatic hydroxyl groups is 1. The van der Waals surface area contributed by atoms with E-state index in [9.17, 15) is 5.11 Å². The van der Waals surface area contributed by atoms with Crippen LogP contribution in [-0.2, 0) is 5.41 Å². The molecule has 0 bridgehead atoms. The summed E-state index contributed by atoms with van der Waals surface area (Å²) in [6, 6.07) is 8.24. The van der Waals surface area contributed by atoms with Crippen molar-refractivity contribution in [2.75, 3.05) is 6.61 Å². The maximum Gasteiger partial charge on any atom is 0.119 e. The van der Waals surface area contributed by atoms with Crippen LogP contribution in [0.5, 0.6) is 5.75 Å². The van der Waals surface area contributed by atoms with Gasteiger partial charge in [-0.15, -0.1) is 0 Å². The van der Waals surface area contributed by atoms with E-state index in [0.29, 0.717) is 6.61 Å². The molecular formula is C17H26O2. The molecule has 0 unspecified atom stereocenters. The van der Waals surface area contributed by atoms with E-state index in [2.05, 4.69) is 32.9 Å². The molecule has 2 nitrogen and oxygen atoms in total. The summed E-state index contributed by atoms with van der Waals surface area (Å²) in [6.07, 6.45) is 5.20. The van der Waals surface area contributed by atoms with E-state index in [1.165, 1.54) is 12.0 Å². The molecule has 1 fully saturated rings. The maximum absolute atomic E-state index is 10.4. The fourth-order valence-corrected chi connectivity index (χ4v) is 2.62. The van der Waals surface area contributed by atoms with Crippen LogP contribution in [0.4, 0.5) is 0 Å². The highest BCUT2D eigenvalue weighted by Gasteiger charge is 2.29. The first-order valence-corrected chi connectivity index (χ1v) is 7.35. The van der Waals surface area contributed by atoms with E-state index >= 15 is 0 Å². The summed E-state index contributed by atoms with van der Waals surface area (Å²) in [4.78, 5) is 0. The largest absolute Gasteiger partial charge is 0.491 e. The Bertz CT molecular complexity index is 394. The Morgan fingerprint density at radius 2 is 1.63 bits per heavy atom. The molecule has 106 valence electrons. The summed E-state index contributed by atoms with van der Waals surface area (Å²) in [5, 5.41) is 10.4. The van der Waals surface area contributed by atoms with Crippen LogP contribution >= 0.6 is 0 Å². The minimum Gasteiger partial charge on any atom is -0.491 e. The van der Waals surface area contributed by atoms with Crippen molar-refractivity contribution in [3.63, 3.8) is 0 Å². The summed E-state index contributed by atoms with van der Waals surface area (Å²) >= 11 is 0. The van der Waals surface area contributed by atoms with Crippen LogP contribution < -0.4 is 4.74 Å². The van der Waals surface area contributed by atoms with Gasteiger partial charge in [0.1, 0.15) is 12.4 Å². The van der Waals surface area contributed by atoms with Crippen molar-refractivity contribution in [2.24, 2.45) is 0 Å². The molecule has 2 heteroatoms. The number of benzene rings is 1. The Labute approximate surface area is 116 Å². The van der Waals surface area contributed by atoms with E-state index in [1.54, 1.807) is 0 Å². The molecule has 1 aromatic carbocycles. The smallest absolute Gasteiger partial charge is 0.119 e. The van der Waals surface area contributed by atoms with Crippen LogP contribution in [0, 0.1) is 0 Å². The molecule has 19 heavy (non-hydrogen) atoms. The van der Waals surface area contributed by atoms with E-state index in [-0.39, 0.29) is 5.41 Å². The van der Waals surface area contributed by atoms with Gasteiger partial charge in [0.05, 0.1) is 5.60 Å². The van der Waals surface area contributed by atoms with Crippen LogP contribution in [-0.4, -0.2) is 17.3 Å². The SMILES string of the molecule is CC(C)(C)c1ccc(OCC2(O)CCCCC2)cc1. The predicted molar refractivity (Wildman–Crippen MR) is 78.7 cm³/mol. The van der Waals surface area contributed by atoms with Gasteiger partial charge in [0, 0.05) is 0 Å². The normalized spacial score (nSPS) is 19.2.